The van der Waals surface area contributed by atoms with Gasteiger partial charge in [0.2, 0.25) is 0 Å². The van der Waals surface area contributed by atoms with E-state index in [0.717, 1.165) is 18.4 Å². The molecule has 116 valence electrons. The smallest absolute Gasteiger partial charge is 0.162 e. The molecule has 0 aromatic heterocycles. The summed E-state index contributed by atoms with van der Waals surface area (Å²) >= 11 is 0. The molecule has 0 saturated heterocycles. The molecular weight excluding hydrogens is 274 g/mol. The number of aliphatic hydroxyl groups excluding tert-OH is 1. The zero-order valence-corrected chi connectivity index (χ0v) is 12.7. The van der Waals surface area contributed by atoms with Gasteiger partial charge in [-0.2, -0.15) is 0 Å². The Morgan fingerprint density at radius 2 is 1.50 bits per heavy atom. The van der Waals surface area contributed by atoms with E-state index in [9.17, 15) is 9.90 Å². The minimum atomic E-state index is -1.09. The van der Waals surface area contributed by atoms with Crippen molar-refractivity contribution >= 4 is 5.78 Å². The first-order valence-electron chi connectivity index (χ1n) is 7.71. The average molecular weight is 297 g/mol. The Bertz CT molecular complexity index is 569. The van der Waals surface area contributed by atoms with Crippen LogP contribution in [0.4, 0.5) is 0 Å². The maximum absolute atomic E-state index is 12.0. The van der Waals surface area contributed by atoms with Crippen molar-refractivity contribution in [2.24, 2.45) is 5.73 Å². The quantitative estimate of drug-likeness (QED) is 0.787. The van der Waals surface area contributed by atoms with Crippen molar-refractivity contribution in [3.8, 4) is 0 Å². The Morgan fingerprint density at radius 1 is 0.955 bits per heavy atom. The molecule has 2 aromatic rings. The van der Waals surface area contributed by atoms with E-state index in [0.29, 0.717) is 12.8 Å². The van der Waals surface area contributed by atoms with Crippen LogP contribution in [0.2, 0.25) is 0 Å². The third-order valence-corrected chi connectivity index (χ3v) is 3.78. The Kier molecular flexibility index (Phi) is 6.31. The maximum Gasteiger partial charge on any atom is 0.162 e. The number of benzene rings is 2. The molecule has 3 heteroatoms. The second-order valence-electron chi connectivity index (χ2n) is 5.60. The van der Waals surface area contributed by atoms with E-state index in [2.05, 4.69) is 0 Å². The second-order valence-corrected chi connectivity index (χ2v) is 5.60. The van der Waals surface area contributed by atoms with Crippen LogP contribution in [0.5, 0.6) is 0 Å². The number of aliphatic hydroxyl groups is 1. The van der Waals surface area contributed by atoms with Gasteiger partial charge in [0.1, 0.15) is 6.10 Å². The molecule has 0 heterocycles. The molecule has 2 rings (SSSR count). The van der Waals surface area contributed by atoms with Crippen LogP contribution in [0, 0.1) is 0 Å². The number of Topliss-reactive ketones (excluding diaryl/α,β-unsaturated/α-hetero) is 1. The van der Waals surface area contributed by atoms with E-state index >= 15 is 0 Å². The van der Waals surface area contributed by atoms with Gasteiger partial charge in [0.25, 0.3) is 0 Å². The Balaban J connectivity index is 1.76. The molecule has 3 nitrogen and oxygen atoms in total. The summed E-state index contributed by atoms with van der Waals surface area (Å²) in [6, 6.07) is 19.2. The minimum Gasteiger partial charge on any atom is -0.384 e. The van der Waals surface area contributed by atoms with E-state index in [-0.39, 0.29) is 5.78 Å². The predicted octanol–water partition coefficient (Wildman–Crippen LogP) is 2.51. The number of aryl methyl sites for hydroxylation is 1. The number of hydrogen-bond donors (Lipinski definition) is 2. The second kappa shape index (κ2) is 8.47. The molecule has 22 heavy (non-hydrogen) atoms. The van der Waals surface area contributed by atoms with E-state index in [1.807, 2.05) is 60.7 Å². The highest BCUT2D eigenvalue weighted by Gasteiger charge is 2.22. The van der Waals surface area contributed by atoms with Gasteiger partial charge in [-0.25, -0.2) is 0 Å². The summed E-state index contributed by atoms with van der Waals surface area (Å²) in [5, 5.41) is 10.1. The van der Waals surface area contributed by atoms with Crippen molar-refractivity contribution in [3.63, 3.8) is 0 Å². The van der Waals surface area contributed by atoms with Crippen LogP contribution in [0.1, 0.15) is 24.0 Å². The molecule has 0 saturated carbocycles. The first-order valence-corrected chi connectivity index (χ1v) is 7.71. The van der Waals surface area contributed by atoms with Crippen molar-refractivity contribution in [1.82, 2.24) is 0 Å². The molecule has 2 aromatic carbocycles. The van der Waals surface area contributed by atoms with Crippen molar-refractivity contribution in [3.05, 3.63) is 71.8 Å². The molecular formula is C19H23NO2. The molecule has 0 aliphatic carbocycles. The number of rotatable bonds is 8. The Hall–Kier alpha value is -1.97. The fourth-order valence-corrected chi connectivity index (χ4v) is 2.50. The predicted molar refractivity (Wildman–Crippen MR) is 88.5 cm³/mol. The Labute approximate surface area is 131 Å². The van der Waals surface area contributed by atoms with Gasteiger partial charge in [0.05, 0.1) is 0 Å². The van der Waals surface area contributed by atoms with Crippen LogP contribution >= 0.6 is 0 Å². The zero-order valence-electron chi connectivity index (χ0n) is 12.7. The van der Waals surface area contributed by atoms with Gasteiger partial charge in [-0.15, -0.1) is 0 Å². The molecule has 0 fully saturated rings. The number of carbonyl (C=O) groups is 1. The summed E-state index contributed by atoms with van der Waals surface area (Å²) in [6.45, 7) is 0. The molecule has 2 unspecified atom stereocenters. The van der Waals surface area contributed by atoms with Crippen molar-refractivity contribution < 1.29 is 9.90 Å². The van der Waals surface area contributed by atoms with Crippen LogP contribution in [0.3, 0.4) is 0 Å². The fourth-order valence-electron chi connectivity index (χ4n) is 2.50. The van der Waals surface area contributed by atoms with Crippen molar-refractivity contribution in [1.29, 1.82) is 0 Å². The molecule has 0 amide bonds. The molecule has 2 atom stereocenters. The number of hydrogen-bond acceptors (Lipinski definition) is 3. The van der Waals surface area contributed by atoms with Gasteiger partial charge in [0.15, 0.2) is 5.78 Å². The van der Waals surface area contributed by atoms with Gasteiger partial charge in [-0.05, 0) is 30.4 Å². The lowest BCUT2D eigenvalue weighted by Gasteiger charge is -2.17. The van der Waals surface area contributed by atoms with Gasteiger partial charge in [-0.1, -0.05) is 60.7 Å². The lowest BCUT2D eigenvalue weighted by atomic mass is 9.96. The summed E-state index contributed by atoms with van der Waals surface area (Å²) in [4.78, 5) is 12.0. The van der Waals surface area contributed by atoms with Crippen molar-refractivity contribution in [2.45, 2.75) is 37.8 Å². The normalized spacial score (nSPS) is 13.5. The summed E-state index contributed by atoms with van der Waals surface area (Å²) in [5.74, 6) is -0.167. The Morgan fingerprint density at radius 3 is 2.09 bits per heavy atom. The van der Waals surface area contributed by atoms with Crippen LogP contribution in [0.15, 0.2) is 60.7 Å². The first kappa shape index (κ1) is 16.4. The summed E-state index contributed by atoms with van der Waals surface area (Å²) in [6.07, 6.45) is 1.35. The van der Waals surface area contributed by atoms with Crippen LogP contribution in [0.25, 0.3) is 0 Å². The largest absolute Gasteiger partial charge is 0.384 e. The fraction of sp³-hybridized carbons (Fsp3) is 0.316. The average Bonchev–Trinajstić information content (AvgIpc) is 2.56. The van der Waals surface area contributed by atoms with Crippen LogP contribution in [-0.2, 0) is 17.6 Å². The van der Waals surface area contributed by atoms with Crippen molar-refractivity contribution in [2.75, 3.05) is 0 Å². The lowest BCUT2D eigenvalue weighted by molar-refractivity contribution is -0.128. The maximum atomic E-state index is 12.0. The number of nitrogens with two attached hydrogens (primary N) is 1. The molecule has 0 bridgehead atoms. The van der Waals surface area contributed by atoms with Gasteiger partial charge >= 0.3 is 0 Å². The molecule has 0 aliphatic rings. The summed E-state index contributed by atoms with van der Waals surface area (Å²) < 4.78 is 0. The molecule has 0 aliphatic heterocycles. The lowest BCUT2D eigenvalue weighted by Crippen LogP contribution is -2.42. The molecule has 0 spiro atoms. The van der Waals surface area contributed by atoms with Gasteiger partial charge in [0, 0.05) is 12.5 Å². The topological polar surface area (TPSA) is 63.3 Å². The SMILES string of the molecule is NC(Cc1ccccc1)C(O)C(=O)CCCc1ccccc1. The van der Waals surface area contributed by atoms with Crippen LogP contribution < -0.4 is 5.73 Å². The zero-order chi connectivity index (χ0) is 15.8. The van der Waals surface area contributed by atoms with Gasteiger partial charge in [-0.3, -0.25) is 4.79 Å². The third-order valence-electron chi connectivity index (χ3n) is 3.78. The number of carbonyl (C=O) groups excluding carboxylic acids is 1. The van der Waals surface area contributed by atoms with E-state index in [4.69, 9.17) is 5.73 Å². The standard InChI is InChI=1S/C19H23NO2/c20-17(14-16-10-5-2-6-11-16)19(22)18(21)13-7-12-15-8-3-1-4-9-15/h1-6,8-11,17,19,22H,7,12-14,20H2. The first-order chi connectivity index (χ1) is 10.7. The van der Waals surface area contributed by atoms with E-state index in [1.165, 1.54) is 5.56 Å². The molecule has 3 N–H and O–H groups in total. The van der Waals surface area contributed by atoms with E-state index < -0.39 is 12.1 Å². The van der Waals surface area contributed by atoms with Crippen LogP contribution in [-0.4, -0.2) is 23.0 Å². The monoisotopic (exact) mass is 297 g/mol. The van der Waals surface area contributed by atoms with Gasteiger partial charge < -0.3 is 10.8 Å². The highest BCUT2D eigenvalue weighted by molar-refractivity contribution is 5.83. The minimum absolute atomic E-state index is 0.167. The van der Waals surface area contributed by atoms with E-state index in [1.54, 1.807) is 0 Å². The third kappa shape index (κ3) is 5.10. The molecule has 0 radical (unpaired) electrons. The summed E-state index contributed by atoms with van der Waals surface area (Å²) in [7, 11) is 0. The number of ketones is 1. The highest BCUT2D eigenvalue weighted by Crippen LogP contribution is 2.09. The summed E-state index contributed by atoms with van der Waals surface area (Å²) in [5.41, 5.74) is 8.20. The highest BCUT2D eigenvalue weighted by atomic mass is 16.3.